The highest BCUT2D eigenvalue weighted by Crippen LogP contribution is 2.35. The Morgan fingerprint density at radius 1 is 1.26 bits per heavy atom. The summed E-state index contributed by atoms with van der Waals surface area (Å²) in [6, 6.07) is 3.38. The molecule has 0 unspecified atom stereocenters. The van der Waals surface area contributed by atoms with Gasteiger partial charge in [0.2, 0.25) is 0 Å². The van der Waals surface area contributed by atoms with Crippen molar-refractivity contribution in [3.05, 3.63) is 29.8 Å². The topological polar surface area (TPSA) is 75.6 Å². The monoisotopic (exact) mass is 333 g/mol. The number of halogens is 3. The van der Waals surface area contributed by atoms with Crippen LogP contribution < -0.4 is 10.1 Å². The molecule has 1 aromatic rings. The van der Waals surface area contributed by atoms with Gasteiger partial charge in [-0.1, -0.05) is 26.0 Å². The summed E-state index contributed by atoms with van der Waals surface area (Å²) in [5, 5.41) is 11.2. The van der Waals surface area contributed by atoms with Crippen molar-refractivity contribution in [1.29, 1.82) is 0 Å². The van der Waals surface area contributed by atoms with Gasteiger partial charge in [0, 0.05) is 0 Å². The Bertz CT molecular complexity index is 558. The molecule has 23 heavy (non-hydrogen) atoms. The van der Waals surface area contributed by atoms with E-state index >= 15 is 0 Å². The molecule has 0 saturated carbocycles. The molecule has 1 rings (SSSR count). The van der Waals surface area contributed by atoms with Gasteiger partial charge in [0.25, 0.3) is 5.91 Å². The number of hydrogen-bond acceptors (Lipinski definition) is 3. The molecule has 1 amide bonds. The van der Waals surface area contributed by atoms with Crippen LogP contribution in [-0.2, 0) is 15.8 Å². The second-order valence-corrected chi connectivity index (χ2v) is 5.37. The lowest BCUT2D eigenvalue weighted by Gasteiger charge is -2.17. The van der Waals surface area contributed by atoms with Gasteiger partial charge in [-0.3, -0.25) is 4.79 Å². The quantitative estimate of drug-likeness (QED) is 0.804. The predicted octanol–water partition coefficient (Wildman–Crippen LogP) is 2.70. The Morgan fingerprint density at radius 3 is 2.39 bits per heavy atom. The van der Waals surface area contributed by atoms with Crippen molar-refractivity contribution in [2.24, 2.45) is 5.92 Å². The largest absolute Gasteiger partial charge is 0.483 e. The summed E-state index contributed by atoms with van der Waals surface area (Å²) in [5.74, 6) is -2.45. The van der Waals surface area contributed by atoms with Gasteiger partial charge in [0.05, 0.1) is 5.56 Å². The number of aliphatic carboxylic acids is 1. The molecule has 0 bridgehead atoms. The molecule has 0 aliphatic heterocycles. The highest BCUT2D eigenvalue weighted by molar-refractivity contribution is 5.84. The lowest BCUT2D eigenvalue weighted by atomic mass is 10.0. The fraction of sp³-hybridized carbons (Fsp3) is 0.467. The van der Waals surface area contributed by atoms with Crippen LogP contribution >= 0.6 is 0 Å². The first-order chi connectivity index (χ1) is 10.6. The fourth-order valence-electron chi connectivity index (χ4n) is 1.90. The third kappa shape index (κ3) is 6.17. The number of carbonyl (C=O) groups is 2. The number of carbonyl (C=O) groups excluding carboxylic acids is 1. The van der Waals surface area contributed by atoms with E-state index in [0.29, 0.717) is 0 Å². The summed E-state index contributed by atoms with van der Waals surface area (Å²) in [5.41, 5.74) is -0.996. The van der Waals surface area contributed by atoms with Crippen molar-refractivity contribution in [2.75, 3.05) is 6.61 Å². The lowest BCUT2D eigenvalue weighted by molar-refractivity contribution is -0.142. The normalized spacial score (nSPS) is 12.8. The number of hydrogen-bond donors (Lipinski definition) is 2. The van der Waals surface area contributed by atoms with Crippen LogP contribution in [0.5, 0.6) is 5.75 Å². The van der Waals surface area contributed by atoms with Gasteiger partial charge in [-0.05, 0) is 24.5 Å². The smallest absolute Gasteiger partial charge is 0.419 e. The minimum Gasteiger partial charge on any atom is -0.483 e. The summed E-state index contributed by atoms with van der Waals surface area (Å²) in [6.45, 7) is 2.88. The zero-order valence-corrected chi connectivity index (χ0v) is 12.7. The van der Waals surface area contributed by atoms with Crippen LogP contribution in [0.1, 0.15) is 25.8 Å². The SMILES string of the molecule is CC(C)C[C@@H](NC(=O)COc1ccccc1C(F)(F)F)C(=O)O. The molecule has 0 spiro atoms. The molecule has 0 aliphatic carbocycles. The van der Waals surface area contributed by atoms with Crippen molar-refractivity contribution in [3.63, 3.8) is 0 Å². The van der Waals surface area contributed by atoms with Crippen molar-refractivity contribution in [1.82, 2.24) is 5.32 Å². The first-order valence-corrected chi connectivity index (χ1v) is 6.92. The van der Waals surface area contributed by atoms with E-state index in [1.165, 1.54) is 12.1 Å². The Morgan fingerprint density at radius 2 is 1.87 bits per heavy atom. The van der Waals surface area contributed by atoms with Gasteiger partial charge in [-0.25, -0.2) is 4.79 Å². The lowest BCUT2D eigenvalue weighted by Crippen LogP contribution is -2.43. The maximum Gasteiger partial charge on any atom is 0.419 e. The van der Waals surface area contributed by atoms with E-state index in [1.54, 1.807) is 13.8 Å². The molecule has 0 aliphatic rings. The number of carboxylic acid groups (broad SMARTS) is 1. The number of alkyl halides is 3. The molecule has 0 aromatic heterocycles. The van der Waals surface area contributed by atoms with Crippen molar-refractivity contribution >= 4 is 11.9 Å². The minimum absolute atomic E-state index is 0.0308. The zero-order valence-electron chi connectivity index (χ0n) is 12.7. The molecule has 8 heteroatoms. The average Bonchev–Trinajstić information content (AvgIpc) is 2.43. The summed E-state index contributed by atoms with van der Waals surface area (Å²) in [4.78, 5) is 22.7. The summed E-state index contributed by atoms with van der Waals surface area (Å²) < 4.78 is 43.2. The van der Waals surface area contributed by atoms with Gasteiger partial charge in [-0.15, -0.1) is 0 Å². The van der Waals surface area contributed by atoms with E-state index in [0.717, 1.165) is 12.1 Å². The van der Waals surface area contributed by atoms with Crippen LogP contribution in [-0.4, -0.2) is 29.6 Å². The number of carboxylic acids is 1. The van der Waals surface area contributed by atoms with Crippen molar-refractivity contribution in [3.8, 4) is 5.75 Å². The van der Waals surface area contributed by atoms with E-state index in [1.807, 2.05) is 0 Å². The molecule has 0 fully saturated rings. The van der Waals surface area contributed by atoms with E-state index in [2.05, 4.69) is 5.32 Å². The Kier molecular flexibility index (Phi) is 6.41. The highest BCUT2D eigenvalue weighted by Gasteiger charge is 2.34. The first-order valence-electron chi connectivity index (χ1n) is 6.92. The molecule has 1 aromatic carbocycles. The van der Waals surface area contributed by atoms with E-state index < -0.39 is 42.0 Å². The van der Waals surface area contributed by atoms with Crippen LogP contribution in [0.25, 0.3) is 0 Å². The third-order valence-corrected chi connectivity index (χ3v) is 2.89. The standard InChI is InChI=1S/C15H18F3NO4/c1-9(2)7-11(14(21)22)19-13(20)8-23-12-6-4-3-5-10(12)15(16,17)18/h3-6,9,11H,7-8H2,1-2H3,(H,19,20)(H,21,22)/t11-/m1/s1. The molecule has 0 radical (unpaired) electrons. The third-order valence-electron chi connectivity index (χ3n) is 2.89. The number of rotatable bonds is 7. The first kappa shape index (κ1) is 18.8. The number of para-hydroxylation sites is 1. The summed E-state index contributed by atoms with van der Waals surface area (Å²) in [7, 11) is 0. The van der Waals surface area contributed by atoms with Crippen LogP contribution in [0.4, 0.5) is 13.2 Å². The maximum absolute atomic E-state index is 12.8. The highest BCUT2D eigenvalue weighted by atomic mass is 19.4. The second kappa shape index (κ2) is 7.85. The fourth-order valence-corrected chi connectivity index (χ4v) is 1.90. The van der Waals surface area contributed by atoms with Gasteiger partial charge >= 0.3 is 12.1 Å². The van der Waals surface area contributed by atoms with Crippen LogP contribution in [0, 0.1) is 5.92 Å². The molecular weight excluding hydrogens is 315 g/mol. The minimum atomic E-state index is -4.60. The van der Waals surface area contributed by atoms with Gasteiger partial charge < -0.3 is 15.2 Å². The molecule has 1 atom stereocenters. The Labute approximate surface area is 131 Å². The number of ether oxygens (including phenoxy) is 1. The van der Waals surface area contributed by atoms with Crippen molar-refractivity contribution in [2.45, 2.75) is 32.5 Å². The number of nitrogens with one attached hydrogen (secondary N) is 1. The van der Waals surface area contributed by atoms with E-state index in [-0.39, 0.29) is 12.3 Å². The molecule has 5 nitrogen and oxygen atoms in total. The van der Waals surface area contributed by atoms with Crippen LogP contribution in [0.3, 0.4) is 0 Å². The molecule has 128 valence electrons. The molecular formula is C15H18F3NO4. The molecule has 2 N–H and O–H groups in total. The Hall–Kier alpha value is -2.25. The van der Waals surface area contributed by atoms with Gasteiger partial charge in [-0.2, -0.15) is 13.2 Å². The zero-order chi connectivity index (χ0) is 17.6. The maximum atomic E-state index is 12.8. The van der Waals surface area contributed by atoms with E-state index in [4.69, 9.17) is 9.84 Å². The summed E-state index contributed by atoms with van der Waals surface area (Å²) >= 11 is 0. The average molecular weight is 333 g/mol. The van der Waals surface area contributed by atoms with Crippen LogP contribution in [0.15, 0.2) is 24.3 Å². The van der Waals surface area contributed by atoms with Gasteiger partial charge in [0.1, 0.15) is 11.8 Å². The Balaban J connectivity index is 2.68. The second-order valence-electron chi connectivity index (χ2n) is 5.37. The van der Waals surface area contributed by atoms with Crippen molar-refractivity contribution < 1.29 is 32.6 Å². The summed E-state index contributed by atoms with van der Waals surface area (Å²) in [6.07, 6.45) is -4.39. The van der Waals surface area contributed by atoms with Gasteiger partial charge in [0.15, 0.2) is 6.61 Å². The number of benzene rings is 1. The molecule has 0 saturated heterocycles. The van der Waals surface area contributed by atoms with E-state index in [9.17, 15) is 22.8 Å². The molecule has 0 heterocycles. The van der Waals surface area contributed by atoms with Crippen LogP contribution in [0.2, 0.25) is 0 Å². The number of amides is 1. The predicted molar refractivity (Wildman–Crippen MR) is 76.0 cm³/mol.